The maximum atomic E-state index is 9.80. The number of aliphatic hydroxyl groups is 1. The van der Waals surface area contributed by atoms with Gasteiger partial charge in [0.2, 0.25) is 0 Å². The molecule has 1 aromatic rings. The fourth-order valence-corrected chi connectivity index (χ4v) is 1.85. The zero-order valence-corrected chi connectivity index (χ0v) is 12.1. The average Bonchev–Trinajstić information content (AvgIpc) is 3.33. The maximum Gasteiger partial charge on any atom is 0.120 e. The summed E-state index contributed by atoms with van der Waals surface area (Å²) in [4.78, 5) is 0. The van der Waals surface area contributed by atoms with Crippen LogP contribution in [0.25, 0.3) is 0 Å². The molecule has 1 aromatic carbocycles. The van der Waals surface area contributed by atoms with Gasteiger partial charge in [0.1, 0.15) is 18.5 Å². The Labute approximate surface area is 125 Å². The van der Waals surface area contributed by atoms with Gasteiger partial charge in [-0.15, -0.1) is 0 Å². The van der Waals surface area contributed by atoms with Crippen molar-refractivity contribution in [2.45, 2.75) is 18.9 Å². The van der Waals surface area contributed by atoms with E-state index >= 15 is 0 Å². The number of hydrogen-bond donors (Lipinski definition) is 2. The van der Waals surface area contributed by atoms with Gasteiger partial charge in [-0.3, -0.25) is 0 Å². The number of rotatable bonds is 10. The molecule has 0 bridgehead atoms. The van der Waals surface area contributed by atoms with Crippen molar-refractivity contribution in [1.29, 1.82) is 5.26 Å². The molecular formula is C16H22N2O3. The first kappa shape index (κ1) is 15.8. The molecule has 5 nitrogen and oxygen atoms in total. The van der Waals surface area contributed by atoms with E-state index in [4.69, 9.17) is 14.7 Å². The number of ether oxygens (including phenoxy) is 2. The minimum absolute atomic E-state index is 0.199. The molecule has 0 aliphatic heterocycles. The van der Waals surface area contributed by atoms with Crippen molar-refractivity contribution in [2.24, 2.45) is 5.92 Å². The van der Waals surface area contributed by atoms with E-state index in [1.165, 1.54) is 12.8 Å². The highest BCUT2D eigenvalue weighted by Crippen LogP contribution is 2.28. The minimum atomic E-state index is -0.584. The molecule has 2 rings (SSSR count). The third kappa shape index (κ3) is 6.58. The molecular weight excluding hydrogens is 268 g/mol. The van der Waals surface area contributed by atoms with E-state index in [-0.39, 0.29) is 6.61 Å². The van der Waals surface area contributed by atoms with Crippen LogP contribution in [0.15, 0.2) is 24.3 Å². The highest BCUT2D eigenvalue weighted by Gasteiger charge is 2.20. The van der Waals surface area contributed by atoms with Gasteiger partial charge in [0, 0.05) is 19.7 Å². The van der Waals surface area contributed by atoms with Crippen LogP contribution in [0.1, 0.15) is 18.4 Å². The van der Waals surface area contributed by atoms with Crippen LogP contribution in [-0.2, 0) is 4.74 Å². The summed E-state index contributed by atoms with van der Waals surface area (Å²) in [5, 5.41) is 21.7. The number of nitrogens with one attached hydrogen (secondary N) is 1. The predicted octanol–water partition coefficient (Wildman–Crippen LogP) is 1.31. The first-order chi connectivity index (χ1) is 10.3. The Morgan fingerprint density at radius 3 is 3.05 bits per heavy atom. The SMILES string of the molecule is N#Cc1cccc(OCC(O)CNCCOCC2CC2)c1. The van der Waals surface area contributed by atoms with E-state index in [2.05, 4.69) is 11.4 Å². The summed E-state index contributed by atoms with van der Waals surface area (Å²) in [5.74, 6) is 1.38. The lowest BCUT2D eigenvalue weighted by molar-refractivity contribution is 0.0967. The lowest BCUT2D eigenvalue weighted by atomic mass is 10.2. The van der Waals surface area contributed by atoms with Crippen LogP contribution in [0.3, 0.4) is 0 Å². The van der Waals surface area contributed by atoms with Gasteiger partial charge >= 0.3 is 0 Å². The molecule has 0 spiro atoms. The molecule has 1 atom stereocenters. The van der Waals surface area contributed by atoms with E-state index in [1.54, 1.807) is 24.3 Å². The average molecular weight is 290 g/mol. The molecule has 0 aromatic heterocycles. The summed E-state index contributed by atoms with van der Waals surface area (Å²) in [6.07, 6.45) is 2.02. The highest BCUT2D eigenvalue weighted by molar-refractivity contribution is 5.36. The number of aliphatic hydroxyl groups excluding tert-OH is 1. The van der Waals surface area contributed by atoms with Crippen molar-refractivity contribution in [3.63, 3.8) is 0 Å². The second-order valence-corrected chi connectivity index (χ2v) is 5.33. The zero-order chi connectivity index (χ0) is 14.9. The second kappa shape index (κ2) is 8.63. The molecule has 1 unspecified atom stereocenters. The lowest BCUT2D eigenvalue weighted by Gasteiger charge is -2.13. The van der Waals surface area contributed by atoms with Gasteiger partial charge in [0.25, 0.3) is 0 Å². The van der Waals surface area contributed by atoms with Gasteiger partial charge < -0.3 is 19.9 Å². The van der Waals surface area contributed by atoms with E-state index < -0.39 is 6.10 Å². The second-order valence-electron chi connectivity index (χ2n) is 5.33. The summed E-state index contributed by atoms with van der Waals surface area (Å²) in [7, 11) is 0. The van der Waals surface area contributed by atoms with Gasteiger partial charge in [0.15, 0.2) is 0 Å². The molecule has 21 heavy (non-hydrogen) atoms. The Morgan fingerprint density at radius 1 is 1.43 bits per heavy atom. The highest BCUT2D eigenvalue weighted by atomic mass is 16.5. The topological polar surface area (TPSA) is 74.5 Å². The first-order valence-electron chi connectivity index (χ1n) is 7.37. The Bertz CT molecular complexity index is 469. The Balaban J connectivity index is 1.52. The molecule has 1 aliphatic carbocycles. The number of nitriles is 1. The van der Waals surface area contributed by atoms with E-state index in [1.807, 2.05) is 0 Å². The van der Waals surface area contributed by atoms with Crippen LogP contribution < -0.4 is 10.1 Å². The van der Waals surface area contributed by atoms with Gasteiger partial charge in [-0.25, -0.2) is 0 Å². The van der Waals surface area contributed by atoms with Gasteiger partial charge in [-0.2, -0.15) is 5.26 Å². The third-order valence-electron chi connectivity index (χ3n) is 3.26. The molecule has 1 fully saturated rings. The Hall–Kier alpha value is -1.61. The predicted molar refractivity (Wildman–Crippen MR) is 79.1 cm³/mol. The van der Waals surface area contributed by atoms with Crippen LogP contribution in [0.4, 0.5) is 0 Å². The standard InChI is InChI=1S/C16H22N2O3/c17-9-14-2-1-3-16(8-14)21-12-15(19)10-18-6-7-20-11-13-4-5-13/h1-3,8,13,15,18-19H,4-7,10-12H2. The van der Waals surface area contributed by atoms with E-state index in [0.29, 0.717) is 24.5 Å². The molecule has 2 N–H and O–H groups in total. The van der Waals surface area contributed by atoms with E-state index in [9.17, 15) is 5.11 Å². The Kier molecular flexibility index (Phi) is 6.48. The van der Waals surface area contributed by atoms with Gasteiger partial charge in [0.05, 0.1) is 18.2 Å². The lowest BCUT2D eigenvalue weighted by Crippen LogP contribution is -2.33. The van der Waals surface area contributed by atoms with Crippen LogP contribution in [0.5, 0.6) is 5.75 Å². The molecule has 0 saturated heterocycles. The third-order valence-corrected chi connectivity index (χ3v) is 3.26. The summed E-state index contributed by atoms with van der Waals surface area (Å²) >= 11 is 0. The largest absolute Gasteiger partial charge is 0.491 e. The monoisotopic (exact) mass is 290 g/mol. The van der Waals surface area contributed by atoms with Gasteiger partial charge in [-0.05, 0) is 37.0 Å². The van der Waals surface area contributed by atoms with Crippen molar-refractivity contribution >= 4 is 0 Å². The molecule has 0 amide bonds. The van der Waals surface area contributed by atoms with Crippen molar-refractivity contribution in [1.82, 2.24) is 5.32 Å². The summed E-state index contributed by atoms with van der Waals surface area (Å²) in [5.41, 5.74) is 0.549. The van der Waals surface area contributed by atoms with Crippen LogP contribution in [0.2, 0.25) is 0 Å². The van der Waals surface area contributed by atoms with Crippen molar-refractivity contribution in [3.8, 4) is 11.8 Å². The Morgan fingerprint density at radius 2 is 2.29 bits per heavy atom. The fraction of sp³-hybridized carbons (Fsp3) is 0.562. The van der Waals surface area contributed by atoms with Crippen molar-refractivity contribution < 1.29 is 14.6 Å². The van der Waals surface area contributed by atoms with Gasteiger partial charge in [-0.1, -0.05) is 6.07 Å². The fourth-order valence-electron chi connectivity index (χ4n) is 1.85. The van der Waals surface area contributed by atoms with Crippen molar-refractivity contribution in [2.75, 3.05) is 32.9 Å². The summed E-state index contributed by atoms with van der Waals surface area (Å²) in [6.45, 7) is 2.93. The molecule has 114 valence electrons. The molecule has 1 saturated carbocycles. The van der Waals surface area contributed by atoms with Crippen LogP contribution >= 0.6 is 0 Å². The molecule has 5 heteroatoms. The summed E-state index contributed by atoms with van der Waals surface area (Å²) in [6, 6.07) is 8.96. The van der Waals surface area contributed by atoms with Crippen LogP contribution in [0, 0.1) is 17.2 Å². The quantitative estimate of drug-likeness (QED) is 0.636. The number of nitrogens with zero attached hydrogens (tertiary/aromatic N) is 1. The first-order valence-corrected chi connectivity index (χ1v) is 7.37. The molecule has 0 heterocycles. The van der Waals surface area contributed by atoms with Crippen molar-refractivity contribution in [3.05, 3.63) is 29.8 Å². The number of hydrogen-bond acceptors (Lipinski definition) is 5. The molecule has 0 radical (unpaired) electrons. The minimum Gasteiger partial charge on any atom is -0.491 e. The number of benzene rings is 1. The summed E-state index contributed by atoms with van der Waals surface area (Å²) < 4.78 is 10.9. The van der Waals surface area contributed by atoms with E-state index in [0.717, 1.165) is 19.1 Å². The zero-order valence-electron chi connectivity index (χ0n) is 12.1. The normalized spacial score (nSPS) is 15.4. The maximum absolute atomic E-state index is 9.80. The van der Waals surface area contributed by atoms with Crippen LogP contribution in [-0.4, -0.2) is 44.1 Å². The smallest absolute Gasteiger partial charge is 0.120 e. The molecule has 1 aliphatic rings.